The molecule has 0 amide bonds. The van der Waals surface area contributed by atoms with Gasteiger partial charge in [-0.2, -0.15) is 5.10 Å². The second-order valence-electron chi connectivity index (χ2n) is 7.63. The van der Waals surface area contributed by atoms with Crippen molar-refractivity contribution in [1.29, 1.82) is 0 Å². The molecule has 0 bridgehead atoms. The largest absolute Gasteiger partial charge is 0.464 e. The van der Waals surface area contributed by atoms with E-state index in [-0.39, 0.29) is 19.1 Å². The van der Waals surface area contributed by atoms with Crippen molar-refractivity contribution in [2.45, 2.75) is 25.6 Å². The fraction of sp³-hybridized carbons (Fsp3) is 0.208. The third-order valence-electron chi connectivity index (χ3n) is 5.77. The number of hydrogen-bond acceptors (Lipinski definition) is 5. The Hall–Kier alpha value is -3.47. The molecular formula is C24H20N2O3. The van der Waals surface area contributed by atoms with Crippen molar-refractivity contribution >= 4 is 5.71 Å². The quantitative estimate of drug-likeness (QED) is 0.626. The molecule has 29 heavy (non-hydrogen) atoms. The maximum Gasteiger partial charge on any atom is 0.231 e. The number of para-hydroxylation sites is 1. The molecule has 3 aromatic rings. The molecule has 0 saturated carbocycles. The molecule has 5 nitrogen and oxygen atoms in total. The lowest BCUT2D eigenvalue weighted by Gasteiger charge is -2.38. The summed E-state index contributed by atoms with van der Waals surface area (Å²) in [6, 6.07) is 22.9. The molecule has 0 aliphatic carbocycles. The minimum atomic E-state index is -0.248. The first-order chi connectivity index (χ1) is 14.3. The first-order valence-corrected chi connectivity index (χ1v) is 9.84. The van der Waals surface area contributed by atoms with Crippen LogP contribution in [0.1, 0.15) is 40.9 Å². The Morgan fingerprint density at radius 2 is 1.72 bits per heavy atom. The number of rotatable bonds is 2. The average Bonchev–Trinajstić information content (AvgIpc) is 3.40. The molecule has 0 spiro atoms. The van der Waals surface area contributed by atoms with Gasteiger partial charge >= 0.3 is 0 Å². The molecule has 5 heteroatoms. The Morgan fingerprint density at radius 1 is 0.897 bits per heavy atom. The van der Waals surface area contributed by atoms with Crippen molar-refractivity contribution in [3.63, 3.8) is 0 Å². The lowest BCUT2D eigenvalue weighted by Crippen LogP contribution is -2.33. The molecule has 0 saturated heterocycles. The van der Waals surface area contributed by atoms with Gasteiger partial charge in [0.25, 0.3) is 0 Å². The van der Waals surface area contributed by atoms with E-state index in [0.29, 0.717) is 0 Å². The fourth-order valence-corrected chi connectivity index (χ4v) is 4.24. The maximum absolute atomic E-state index is 6.40. The predicted octanol–water partition coefficient (Wildman–Crippen LogP) is 4.97. The molecule has 2 atom stereocenters. The number of aryl methyl sites for hydroxylation is 1. The van der Waals surface area contributed by atoms with Crippen molar-refractivity contribution in [3.8, 4) is 17.2 Å². The average molecular weight is 384 g/mol. The second-order valence-corrected chi connectivity index (χ2v) is 7.63. The first kappa shape index (κ1) is 16.5. The molecule has 0 unspecified atom stereocenters. The summed E-state index contributed by atoms with van der Waals surface area (Å²) in [7, 11) is 0. The number of hydrazone groups is 1. The minimum Gasteiger partial charge on any atom is -0.464 e. The van der Waals surface area contributed by atoms with E-state index in [4.69, 9.17) is 19.3 Å². The van der Waals surface area contributed by atoms with Gasteiger partial charge in [-0.1, -0.05) is 48.0 Å². The number of hydrogen-bond donors (Lipinski definition) is 0. The van der Waals surface area contributed by atoms with E-state index in [1.54, 1.807) is 0 Å². The second kappa shape index (κ2) is 6.27. The molecule has 3 aliphatic heterocycles. The lowest BCUT2D eigenvalue weighted by atomic mass is 9.95. The summed E-state index contributed by atoms with van der Waals surface area (Å²) in [5, 5.41) is 7.12. The summed E-state index contributed by atoms with van der Waals surface area (Å²) in [4.78, 5) is 0. The molecule has 144 valence electrons. The smallest absolute Gasteiger partial charge is 0.231 e. The topological polar surface area (TPSA) is 43.3 Å². The van der Waals surface area contributed by atoms with Crippen molar-refractivity contribution < 1.29 is 14.2 Å². The zero-order valence-electron chi connectivity index (χ0n) is 16.0. The van der Waals surface area contributed by atoms with Crippen LogP contribution in [0.25, 0.3) is 0 Å². The number of benzene rings is 3. The van der Waals surface area contributed by atoms with Crippen LogP contribution in [0.4, 0.5) is 0 Å². The molecule has 0 radical (unpaired) electrons. The van der Waals surface area contributed by atoms with E-state index in [2.05, 4.69) is 54.4 Å². The van der Waals surface area contributed by atoms with E-state index < -0.39 is 0 Å². The van der Waals surface area contributed by atoms with E-state index in [1.807, 2.05) is 24.3 Å². The van der Waals surface area contributed by atoms with Gasteiger partial charge in [0.05, 0.1) is 11.8 Å². The summed E-state index contributed by atoms with van der Waals surface area (Å²) in [5.74, 6) is 2.50. The highest BCUT2D eigenvalue weighted by molar-refractivity contribution is 6.02. The predicted molar refractivity (Wildman–Crippen MR) is 109 cm³/mol. The number of fused-ring (bicyclic) bond motifs is 4. The van der Waals surface area contributed by atoms with Crippen LogP contribution in [0.5, 0.6) is 17.2 Å². The van der Waals surface area contributed by atoms with Gasteiger partial charge in [0.1, 0.15) is 5.75 Å². The van der Waals surface area contributed by atoms with Gasteiger partial charge in [-0.25, -0.2) is 5.01 Å². The van der Waals surface area contributed by atoms with E-state index in [0.717, 1.165) is 40.5 Å². The van der Waals surface area contributed by atoms with E-state index >= 15 is 0 Å². The van der Waals surface area contributed by atoms with Gasteiger partial charge in [0.2, 0.25) is 13.0 Å². The normalized spacial score (nSPS) is 21.3. The molecule has 3 aromatic carbocycles. The highest BCUT2D eigenvalue weighted by Gasteiger charge is 2.41. The van der Waals surface area contributed by atoms with Crippen molar-refractivity contribution in [2.75, 3.05) is 6.79 Å². The molecule has 0 N–H and O–H groups in total. The van der Waals surface area contributed by atoms with Gasteiger partial charge in [-0.3, -0.25) is 0 Å². The van der Waals surface area contributed by atoms with Crippen molar-refractivity contribution in [2.24, 2.45) is 5.10 Å². The van der Waals surface area contributed by atoms with E-state index in [9.17, 15) is 0 Å². The Morgan fingerprint density at radius 3 is 2.62 bits per heavy atom. The Kier molecular flexibility index (Phi) is 3.57. The Balaban J connectivity index is 1.42. The molecule has 6 rings (SSSR count). The van der Waals surface area contributed by atoms with Crippen LogP contribution in [0, 0.1) is 6.92 Å². The number of ether oxygens (including phenoxy) is 3. The summed E-state index contributed by atoms with van der Waals surface area (Å²) in [6.45, 7) is 2.37. The molecule has 0 fully saturated rings. The molecular weight excluding hydrogens is 364 g/mol. The highest BCUT2D eigenvalue weighted by Crippen LogP contribution is 2.47. The van der Waals surface area contributed by atoms with Crippen LogP contribution in [0.15, 0.2) is 71.8 Å². The van der Waals surface area contributed by atoms with Crippen molar-refractivity contribution in [3.05, 3.63) is 89.0 Å². The van der Waals surface area contributed by atoms with Crippen LogP contribution in [0.3, 0.4) is 0 Å². The van der Waals surface area contributed by atoms with Crippen molar-refractivity contribution in [1.82, 2.24) is 5.01 Å². The number of nitrogens with zero attached hydrogens (tertiary/aromatic N) is 2. The van der Waals surface area contributed by atoms with Crippen LogP contribution in [0.2, 0.25) is 0 Å². The standard InChI is InChI=1S/C24H20N2O3/c1-15-6-8-16(9-7-15)24-26-20(18-4-2-3-5-21(18)29-24)13-19(25-26)17-10-11-22-23(12-17)28-14-27-22/h2-12,20,24H,13-14H2,1H3/t20-,24+/m1/s1. The van der Waals surface area contributed by atoms with Gasteiger partial charge < -0.3 is 14.2 Å². The van der Waals surface area contributed by atoms with E-state index in [1.165, 1.54) is 11.1 Å². The molecule has 0 aromatic heterocycles. The first-order valence-electron chi connectivity index (χ1n) is 9.84. The zero-order chi connectivity index (χ0) is 19.4. The molecule has 3 aliphatic rings. The van der Waals surface area contributed by atoms with Gasteiger partial charge in [0.15, 0.2) is 11.5 Å². The summed E-state index contributed by atoms with van der Waals surface area (Å²) >= 11 is 0. The lowest BCUT2D eigenvalue weighted by molar-refractivity contribution is -0.0190. The maximum atomic E-state index is 6.40. The van der Waals surface area contributed by atoms with Crippen LogP contribution < -0.4 is 14.2 Å². The van der Waals surface area contributed by atoms with Crippen LogP contribution in [-0.2, 0) is 0 Å². The van der Waals surface area contributed by atoms with Gasteiger partial charge in [-0.15, -0.1) is 0 Å². The summed E-state index contributed by atoms with van der Waals surface area (Å²) in [5.41, 5.74) is 5.60. The Labute approximate surface area is 169 Å². The SMILES string of the molecule is Cc1ccc([C@@H]2Oc3ccccc3[C@H]3CC(c4ccc5c(c4)OCO5)=NN32)cc1. The minimum absolute atomic E-state index is 0.145. The zero-order valence-corrected chi connectivity index (χ0v) is 16.0. The molecule has 3 heterocycles. The third kappa shape index (κ3) is 2.65. The highest BCUT2D eigenvalue weighted by atomic mass is 16.7. The van der Waals surface area contributed by atoms with Crippen LogP contribution in [-0.4, -0.2) is 17.5 Å². The third-order valence-corrected chi connectivity index (χ3v) is 5.77. The van der Waals surface area contributed by atoms with Gasteiger partial charge in [0, 0.05) is 23.1 Å². The Bertz CT molecular complexity index is 1120. The summed E-state index contributed by atoms with van der Waals surface area (Å²) in [6.07, 6.45) is 0.574. The fourth-order valence-electron chi connectivity index (χ4n) is 4.24. The van der Waals surface area contributed by atoms with Crippen LogP contribution >= 0.6 is 0 Å². The van der Waals surface area contributed by atoms with Gasteiger partial charge in [-0.05, 0) is 31.2 Å². The summed E-state index contributed by atoms with van der Waals surface area (Å²) < 4.78 is 17.4. The monoisotopic (exact) mass is 384 g/mol.